The SMILES string of the molecule is Cc1cc(C)n(CC(=O)N2C[C@@H]3CC[C@H](C2)N(Cc2ccccn2)C3=O)c(=O)n1. The average Bonchev–Trinajstić information content (AvgIpc) is 2.98. The zero-order chi connectivity index (χ0) is 20.5. The first-order chi connectivity index (χ1) is 13.9. The van der Waals surface area contributed by atoms with Gasteiger partial charge in [-0.3, -0.25) is 19.1 Å². The summed E-state index contributed by atoms with van der Waals surface area (Å²) < 4.78 is 1.40. The summed E-state index contributed by atoms with van der Waals surface area (Å²) in [5, 5.41) is 0. The first-order valence-corrected chi connectivity index (χ1v) is 9.95. The number of hydrogen-bond donors (Lipinski definition) is 0. The van der Waals surface area contributed by atoms with Crippen molar-refractivity contribution < 1.29 is 9.59 Å². The first kappa shape index (κ1) is 19.3. The zero-order valence-electron chi connectivity index (χ0n) is 16.7. The Kier molecular flexibility index (Phi) is 5.17. The molecule has 2 bridgehead atoms. The molecule has 0 unspecified atom stereocenters. The number of aryl methyl sites for hydroxylation is 2. The lowest BCUT2D eigenvalue weighted by Gasteiger charge is -2.35. The van der Waals surface area contributed by atoms with Crippen molar-refractivity contribution in [1.29, 1.82) is 0 Å². The van der Waals surface area contributed by atoms with Gasteiger partial charge in [0, 0.05) is 36.7 Å². The van der Waals surface area contributed by atoms with Crippen LogP contribution in [0.4, 0.5) is 0 Å². The van der Waals surface area contributed by atoms with Crippen molar-refractivity contribution in [2.75, 3.05) is 13.1 Å². The number of amides is 2. The Morgan fingerprint density at radius 2 is 2.00 bits per heavy atom. The Labute approximate surface area is 169 Å². The van der Waals surface area contributed by atoms with Crippen molar-refractivity contribution in [3.8, 4) is 0 Å². The molecule has 0 radical (unpaired) electrons. The standard InChI is InChI=1S/C21H25N5O3/c1-14-9-15(2)25(21(29)23-14)13-19(27)24-10-16-6-7-18(12-24)26(20(16)28)11-17-5-3-4-8-22-17/h3-5,8-9,16,18H,6-7,10-13H2,1-2H3/t16-,18+/m0/s1. The van der Waals surface area contributed by atoms with Crippen LogP contribution in [0.3, 0.4) is 0 Å². The van der Waals surface area contributed by atoms with Gasteiger partial charge >= 0.3 is 5.69 Å². The highest BCUT2D eigenvalue weighted by atomic mass is 16.2. The van der Waals surface area contributed by atoms with Gasteiger partial charge in [-0.25, -0.2) is 4.79 Å². The summed E-state index contributed by atoms with van der Waals surface area (Å²) in [7, 11) is 0. The van der Waals surface area contributed by atoms with Crippen LogP contribution in [0.15, 0.2) is 35.3 Å². The second-order valence-electron chi connectivity index (χ2n) is 7.92. The molecule has 5 heterocycles. The number of rotatable bonds is 4. The Morgan fingerprint density at radius 3 is 2.72 bits per heavy atom. The maximum absolute atomic E-state index is 13.0. The molecule has 2 aromatic heterocycles. The van der Waals surface area contributed by atoms with Gasteiger partial charge in [0.25, 0.3) is 0 Å². The molecular weight excluding hydrogens is 370 g/mol. The molecule has 0 N–H and O–H groups in total. The summed E-state index contributed by atoms with van der Waals surface area (Å²) in [6.45, 7) is 4.86. The molecule has 3 saturated heterocycles. The van der Waals surface area contributed by atoms with Crippen LogP contribution in [0.25, 0.3) is 0 Å². The molecule has 2 atom stereocenters. The summed E-state index contributed by atoms with van der Waals surface area (Å²) in [6.07, 6.45) is 3.39. The number of pyridine rings is 1. The fraction of sp³-hybridized carbons (Fsp3) is 0.476. The number of piperidine rings is 1. The van der Waals surface area contributed by atoms with Crippen LogP contribution in [0.5, 0.6) is 0 Å². The predicted octanol–water partition coefficient (Wildman–Crippen LogP) is 0.905. The minimum Gasteiger partial charge on any atom is -0.338 e. The molecule has 3 aliphatic heterocycles. The van der Waals surface area contributed by atoms with E-state index in [2.05, 4.69) is 9.97 Å². The molecule has 8 nitrogen and oxygen atoms in total. The smallest absolute Gasteiger partial charge is 0.338 e. The number of fused-ring (bicyclic) bond motifs is 4. The van der Waals surface area contributed by atoms with E-state index in [0.717, 1.165) is 18.5 Å². The molecule has 0 saturated carbocycles. The van der Waals surface area contributed by atoms with Crippen LogP contribution < -0.4 is 5.69 Å². The fourth-order valence-corrected chi connectivity index (χ4v) is 4.32. The van der Waals surface area contributed by atoms with E-state index >= 15 is 0 Å². The highest BCUT2D eigenvalue weighted by molar-refractivity contribution is 5.83. The molecule has 152 valence electrons. The van der Waals surface area contributed by atoms with E-state index in [9.17, 15) is 14.4 Å². The molecular formula is C21H25N5O3. The molecule has 0 aromatic carbocycles. The lowest BCUT2D eigenvalue weighted by molar-refractivity contribution is -0.140. The van der Waals surface area contributed by atoms with Gasteiger partial charge in [-0.2, -0.15) is 4.98 Å². The lowest BCUT2D eigenvalue weighted by Crippen LogP contribution is -2.47. The topological polar surface area (TPSA) is 88.4 Å². The zero-order valence-corrected chi connectivity index (χ0v) is 16.7. The number of carbonyl (C=O) groups excluding carboxylic acids is 2. The van der Waals surface area contributed by atoms with Crippen LogP contribution >= 0.6 is 0 Å². The van der Waals surface area contributed by atoms with Gasteiger partial charge in [-0.05, 0) is 44.9 Å². The van der Waals surface area contributed by atoms with E-state index in [1.54, 1.807) is 31.0 Å². The Balaban J connectivity index is 1.52. The van der Waals surface area contributed by atoms with Crippen molar-refractivity contribution in [2.45, 2.75) is 45.8 Å². The highest BCUT2D eigenvalue weighted by Gasteiger charge is 2.41. The van der Waals surface area contributed by atoms with Gasteiger partial charge in [-0.15, -0.1) is 0 Å². The maximum Gasteiger partial charge on any atom is 0.348 e. The Hall–Kier alpha value is -3.03. The molecule has 0 spiro atoms. The number of nitrogens with zero attached hydrogens (tertiary/aromatic N) is 5. The molecule has 0 aliphatic carbocycles. The summed E-state index contributed by atoms with van der Waals surface area (Å²) >= 11 is 0. The molecule has 8 heteroatoms. The maximum atomic E-state index is 13.0. The molecule has 3 aliphatic rings. The van der Waals surface area contributed by atoms with Crippen molar-refractivity contribution in [1.82, 2.24) is 24.3 Å². The third-order valence-electron chi connectivity index (χ3n) is 5.84. The van der Waals surface area contributed by atoms with Gasteiger partial charge in [0.2, 0.25) is 11.8 Å². The van der Waals surface area contributed by atoms with Crippen LogP contribution in [0.2, 0.25) is 0 Å². The minimum atomic E-state index is -0.415. The third-order valence-corrected chi connectivity index (χ3v) is 5.84. The minimum absolute atomic E-state index is 0.0267. The van der Waals surface area contributed by atoms with Gasteiger partial charge in [0.1, 0.15) is 6.54 Å². The Morgan fingerprint density at radius 1 is 1.17 bits per heavy atom. The lowest BCUT2D eigenvalue weighted by atomic mass is 9.94. The van der Waals surface area contributed by atoms with Crippen molar-refractivity contribution in [3.63, 3.8) is 0 Å². The molecule has 3 fully saturated rings. The van der Waals surface area contributed by atoms with Gasteiger partial charge in [-0.1, -0.05) is 6.07 Å². The summed E-state index contributed by atoms with van der Waals surface area (Å²) in [5.41, 5.74) is 1.78. The quantitative estimate of drug-likeness (QED) is 0.768. The monoisotopic (exact) mass is 395 g/mol. The van der Waals surface area contributed by atoms with E-state index < -0.39 is 5.69 Å². The first-order valence-electron chi connectivity index (χ1n) is 9.95. The fourth-order valence-electron chi connectivity index (χ4n) is 4.32. The van der Waals surface area contributed by atoms with E-state index in [0.29, 0.717) is 31.0 Å². The summed E-state index contributed by atoms with van der Waals surface area (Å²) in [6, 6.07) is 7.44. The molecule has 2 aromatic rings. The van der Waals surface area contributed by atoms with Crippen LogP contribution in [-0.4, -0.2) is 55.3 Å². The Bertz CT molecular complexity index is 988. The van der Waals surface area contributed by atoms with E-state index in [1.807, 2.05) is 23.1 Å². The van der Waals surface area contributed by atoms with E-state index in [-0.39, 0.29) is 30.3 Å². The molecule has 5 rings (SSSR count). The number of hydrogen-bond acceptors (Lipinski definition) is 5. The molecule has 2 amide bonds. The number of carbonyl (C=O) groups is 2. The summed E-state index contributed by atoms with van der Waals surface area (Å²) in [5.74, 6) is -0.256. The van der Waals surface area contributed by atoms with Crippen molar-refractivity contribution in [2.24, 2.45) is 5.92 Å². The van der Waals surface area contributed by atoms with E-state index in [4.69, 9.17) is 0 Å². The average molecular weight is 395 g/mol. The van der Waals surface area contributed by atoms with E-state index in [1.165, 1.54) is 4.57 Å². The van der Waals surface area contributed by atoms with Crippen LogP contribution in [0, 0.1) is 19.8 Å². The van der Waals surface area contributed by atoms with Crippen LogP contribution in [-0.2, 0) is 22.7 Å². The number of aromatic nitrogens is 3. The second kappa shape index (κ2) is 7.77. The summed E-state index contributed by atoms with van der Waals surface area (Å²) in [4.78, 5) is 50.1. The van der Waals surface area contributed by atoms with Crippen molar-refractivity contribution >= 4 is 11.8 Å². The van der Waals surface area contributed by atoms with Crippen molar-refractivity contribution in [3.05, 3.63) is 58.0 Å². The highest BCUT2D eigenvalue weighted by Crippen LogP contribution is 2.30. The van der Waals surface area contributed by atoms with Gasteiger partial charge < -0.3 is 9.80 Å². The van der Waals surface area contributed by atoms with Gasteiger partial charge in [0.05, 0.1) is 18.2 Å². The predicted molar refractivity (Wildman–Crippen MR) is 106 cm³/mol. The largest absolute Gasteiger partial charge is 0.348 e. The normalized spacial score (nSPS) is 21.4. The third kappa shape index (κ3) is 3.92. The van der Waals surface area contributed by atoms with Gasteiger partial charge in [0.15, 0.2) is 0 Å². The second-order valence-corrected chi connectivity index (χ2v) is 7.92. The van der Waals surface area contributed by atoms with Crippen LogP contribution in [0.1, 0.15) is 29.9 Å². The molecule has 29 heavy (non-hydrogen) atoms.